The summed E-state index contributed by atoms with van der Waals surface area (Å²) >= 11 is 1.81. The molecule has 1 fully saturated rings. The molecule has 0 bridgehead atoms. The number of hydrogen-bond acceptors (Lipinski definition) is 3. The summed E-state index contributed by atoms with van der Waals surface area (Å²) in [4.78, 5) is 1.43. The molecule has 1 aliphatic carbocycles. The molecule has 1 aliphatic rings. The van der Waals surface area contributed by atoms with Crippen LogP contribution in [0.4, 0.5) is 0 Å². The Balaban J connectivity index is 1.43. The second-order valence-electron chi connectivity index (χ2n) is 6.16. The maximum atomic E-state index is 9.24. The van der Waals surface area contributed by atoms with E-state index in [4.69, 9.17) is 4.74 Å². The molecule has 0 spiro atoms. The van der Waals surface area contributed by atoms with E-state index in [1.807, 2.05) is 11.3 Å². The fourth-order valence-corrected chi connectivity index (χ4v) is 4.02. The molecule has 118 valence electrons. The predicted molar refractivity (Wildman–Crippen MR) is 91.7 cm³/mol. The average molecular weight is 316 g/mol. The molecule has 1 N–H and O–H groups in total. The van der Waals surface area contributed by atoms with Gasteiger partial charge in [0.1, 0.15) is 5.75 Å². The zero-order valence-electron chi connectivity index (χ0n) is 12.9. The average Bonchev–Trinajstić information content (AvgIpc) is 3.23. The van der Waals surface area contributed by atoms with E-state index in [0.717, 1.165) is 38.0 Å². The van der Waals surface area contributed by atoms with Crippen LogP contribution in [0.3, 0.4) is 0 Å². The van der Waals surface area contributed by atoms with Crippen LogP contribution in [0.5, 0.6) is 5.75 Å². The standard InChI is InChI=1S/C19H24O2S/c20-14-15-5-6-17(13-15)16-7-9-18(10-8-16)21-11-1-3-19-4-2-12-22-19/h2,4,7-10,12,15,17,20H,1,3,5-6,11,13-14H2. The summed E-state index contributed by atoms with van der Waals surface area (Å²) in [5.74, 6) is 2.08. The lowest BCUT2D eigenvalue weighted by Crippen LogP contribution is -2.01. The maximum Gasteiger partial charge on any atom is 0.119 e. The molecule has 1 aromatic heterocycles. The summed E-state index contributed by atoms with van der Waals surface area (Å²) in [6.07, 6.45) is 5.63. The number of thiophene rings is 1. The van der Waals surface area contributed by atoms with Crippen LogP contribution in [0.15, 0.2) is 41.8 Å². The molecular weight excluding hydrogens is 292 g/mol. The second-order valence-corrected chi connectivity index (χ2v) is 7.19. The van der Waals surface area contributed by atoms with E-state index >= 15 is 0 Å². The van der Waals surface area contributed by atoms with Crippen molar-refractivity contribution in [2.24, 2.45) is 5.92 Å². The summed E-state index contributed by atoms with van der Waals surface area (Å²) in [6.45, 7) is 1.11. The monoisotopic (exact) mass is 316 g/mol. The summed E-state index contributed by atoms with van der Waals surface area (Å²) in [6, 6.07) is 12.8. The lowest BCUT2D eigenvalue weighted by Gasteiger charge is -2.12. The topological polar surface area (TPSA) is 29.5 Å². The number of aliphatic hydroxyl groups excluding tert-OH is 1. The molecule has 1 saturated carbocycles. The van der Waals surface area contributed by atoms with Gasteiger partial charge in [-0.25, -0.2) is 0 Å². The van der Waals surface area contributed by atoms with Crippen LogP contribution in [-0.4, -0.2) is 18.3 Å². The van der Waals surface area contributed by atoms with Gasteiger partial charge in [0.15, 0.2) is 0 Å². The molecule has 0 amide bonds. The van der Waals surface area contributed by atoms with E-state index < -0.39 is 0 Å². The fraction of sp³-hybridized carbons (Fsp3) is 0.474. The van der Waals surface area contributed by atoms with E-state index in [0.29, 0.717) is 18.4 Å². The van der Waals surface area contributed by atoms with Crippen molar-refractivity contribution in [3.8, 4) is 5.75 Å². The quantitative estimate of drug-likeness (QED) is 0.754. The van der Waals surface area contributed by atoms with Crippen LogP contribution in [0.25, 0.3) is 0 Å². The van der Waals surface area contributed by atoms with E-state index in [9.17, 15) is 5.11 Å². The van der Waals surface area contributed by atoms with Crippen LogP contribution >= 0.6 is 11.3 Å². The summed E-state index contributed by atoms with van der Waals surface area (Å²) < 4.78 is 5.83. The Kier molecular flexibility index (Phi) is 5.52. The Labute approximate surface area is 136 Å². The van der Waals surface area contributed by atoms with Gasteiger partial charge < -0.3 is 9.84 Å². The highest BCUT2D eigenvalue weighted by Crippen LogP contribution is 2.38. The van der Waals surface area contributed by atoms with Crippen molar-refractivity contribution >= 4 is 11.3 Å². The highest BCUT2D eigenvalue weighted by molar-refractivity contribution is 7.09. The third kappa shape index (κ3) is 4.11. The predicted octanol–water partition coefficient (Wildman–Crippen LogP) is 4.64. The van der Waals surface area contributed by atoms with Gasteiger partial charge in [-0.1, -0.05) is 18.2 Å². The largest absolute Gasteiger partial charge is 0.494 e. The molecule has 1 heterocycles. The zero-order chi connectivity index (χ0) is 15.2. The van der Waals surface area contributed by atoms with E-state index in [1.54, 1.807) is 0 Å². The molecule has 0 aliphatic heterocycles. The maximum absolute atomic E-state index is 9.24. The number of ether oxygens (including phenoxy) is 1. The molecule has 2 nitrogen and oxygen atoms in total. The minimum absolute atomic E-state index is 0.335. The Hall–Kier alpha value is -1.32. The van der Waals surface area contributed by atoms with E-state index in [-0.39, 0.29) is 0 Å². The van der Waals surface area contributed by atoms with Crippen LogP contribution in [0.2, 0.25) is 0 Å². The Morgan fingerprint density at radius 3 is 2.68 bits per heavy atom. The first kappa shape index (κ1) is 15.6. The lowest BCUT2D eigenvalue weighted by atomic mass is 9.96. The van der Waals surface area contributed by atoms with E-state index in [2.05, 4.69) is 41.8 Å². The number of hydrogen-bond donors (Lipinski definition) is 1. The Morgan fingerprint density at radius 2 is 2.00 bits per heavy atom. The van der Waals surface area contributed by atoms with Gasteiger partial charge in [0, 0.05) is 11.5 Å². The van der Waals surface area contributed by atoms with Gasteiger partial charge in [-0.15, -0.1) is 11.3 Å². The molecule has 3 rings (SSSR count). The van der Waals surface area contributed by atoms with E-state index in [1.165, 1.54) is 16.9 Å². The SMILES string of the molecule is OCC1CCC(c2ccc(OCCCc3cccs3)cc2)C1. The summed E-state index contributed by atoms with van der Waals surface area (Å²) in [5, 5.41) is 11.4. The normalized spacial score (nSPS) is 21.1. The van der Waals surface area contributed by atoms with Crippen molar-refractivity contribution in [3.63, 3.8) is 0 Å². The zero-order valence-corrected chi connectivity index (χ0v) is 13.7. The van der Waals surface area contributed by atoms with Crippen molar-refractivity contribution in [1.82, 2.24) is 0 Å². The highest BCUT2D eigenvalue weighted by atomic mass is 32.1. The molecule has 1 aromatic carbocycles. The van der Waals surface area contributed by atoms with Crippen LogP contribution in [-0.2, 0) is 6.42 Å². The smallest absolute Gasteiger partial charge is 0.119 e. The molecule has 22 heavy (non-hydrogen) atoms. The third-order valence-corrected chi connectivity index (χ3v) is 5.50. The molecule has 2 unspecified atom stereocenters. The lowest BCUT2D eigenvalue weighted by molar-refractivity contribution is 0.229. The molecule has 3 heteroatoms. The Bertz CT molecular complexity index is 547. The number of benzene rings is 1. The molecule has 2 aromatic rings. The fourth-order valence-electron chi connectivity index (χ4n) is 3.27. The number of aliphatic hydroxyl groups is 1. The first-order valence-corrected chi connectivity index (χ1v) is 9.09. The van der Waals surface area contributed by atoms with Crippen LogP contribution in [0.1, 0.15) is 42.0 Å². The van der Waals surface area contributed by atoms with Gasteiger partial charge in [-0.3, -0.25) is 0 Å². The van der Waals surface area contributed by atoms with Crippen LogP contribution < -0.4 is 4.74 Å². The van der Waals surface area contributed by atoms with Crippen molar-refractivity contribution in [2.45, 2.75) is 38.0 Å². The minimum atomic E-state index is 0.335. The minimum Gasteiger partial charge on any atom is -0.494 e. The van der Waals surface area contributed by atoms with Gasteiger partial charge in [0.05, 0.1) is 6.61 Å². The van der Waals surface area contributed by atoms with Gasteiger partial charge in [0.25, 0.3) is 0 Å². The summed E-state index contributed by atoms with van der Waals surface area (Å²) in [5.41, 5.74) is 1.39. The number of rotatable bonds is 7. The first-order valence-electron chi connectivity index (χ1n) is 8.21. The third-order valence-electron chi connectivity index (χ3n) is 4.57. The van der Waals surface area contributed by atoms with Crippen LogP contribution in [0, 0.1) is 5.92 Å². The van der Waals surface area contributed by atoms with Gasteiger partial charge in [-0.05, 0) is 73.1 Å². The van der Waals surface area contributed by atoms with Gasteiger partial charge >= 0.3 is 0 Å². The molecule has 0 saturated heterocycles. The van der Waals surface area contributed by atoms with Gasteiger partial charge in [0.2, 0.25) is 0 Å². The highest BCUT2D eigenvalue weighted by Gasteiger charge is 2.25. The van der Waals surface area contributed by atoms with Gasteiger partial charge in [-0.2, -0.15) is 0 Å². The molecule has 2 atom stereocenters. The number of aryl methyl sites for hydroxylation is 1. The summed E-state index contributed by atoms with van der Waals surface area (Å²) in [7, 11) is 0. The molecule has 0 radical (unpaired) electrons. The van der Waals surface area contributed by atoms with Crippen molar-refractivity contribution in [2.75, 3.05) is 13.2 Å². The van der Waals surface area contributed by atoms with Crippen molar-refractivity contribution < 1.29 is 9.84 Å². The second kappa shape index (κ2) is 7.80. The van der Waals surface area contributed by atoms with Crippen molar-refractivity contribution in [1.29, 1.82) is 0 Å². The molecular formula is C19H24O2S. The first-order chi connectivity index (χ1) is 10.8. The van der Waals surface area contributed by atoms with Crippen molar-refractivity contribution in [3.05, 3.63) is 52.2 Å². The Morgan fingerprint density at radius 1 is 1.14 bits per heavy atom.